The Labute approximate surface area is 163 Å². The van der Waals surface area contributed by atoms with Gasteiger partial charge in [-0.1, -0.05) is 82.2 Å². The number of aryl methyl sites for hydroxylation is 1. The van der Waals surface area contributed by atoms with Crippen molar-refractivity contribution in [2.24, 2.45) is 17.8 Å². The lowest BCUT2D eigenvalue weighted by Crippen LogP contribution is -2.41. The summed E-state index contributed by atoms with van der Waals surface area (Å²) in [4.78, 5) is 0. The summed E-state index contributed by atoms with van der Waals surface area (Å²) < 4.78 is 0. The van der Waals surface area contributed by atoms with E-state index in [4.69, 9.17) is 0 Å². The SMILES string of the molecule is Cc1cc(C(CC(C)C)(C(C)C)C(C)C)c(C(C)C)c(C(C)(C)C)c1O. The zero-order chi connectivity index (χ0) is 20.6. The second kappa shape index (κ2) is 7.95. The van der Waals surface area contributed by atoms with E-state index in [0.717, 1.165) is 11.1 Å². The number of phenols is 1. The van der Waals surface area contributed by atoms with E-state index in [2.05, 4.69) is 89.2 Å². The van der Waals surface area contributed by atoms with Gasteiger partial charge in [-0.15, -0.1) is 0 Å². The molecule has 1 N–H and O–H groups in total. The van der Waals surface area contributed by atoms with E-state index >= 15 is 0 Å². The van der Waals surface area contributed by atoms with Crippen molar-refractivity contribution in [3.63, 3.8) is 0 Å². The Hall–Kier alpha value is -0.980. The molecule has 0 spiro atoms. The van der Waals surface area contributed by atoms with Crippen LogP contribution in [-0.2, 0) is 10.8 Å². The van der Waals surface area contributed by atoms with E-state index < -0.39 is 0 Å². The molecule has 1 aromatic rings. The van der Waals surface area contributed by atoms with Crippen LogP contribution in [0.25, 0.3) is 0 Å². The largest absolute Gasteiger partial charge is 0.507 e. The molecule has 0 fully saturated rings. The molecule has 0 unspecified atom stereocenters. The van der Waals surface area contributed by atoms with Crippen molar-refractivity contribution in [1.29, 1.82) is 0 Å². The minimum atomic E-state index is -0.0814. The Morgan fingerprint density at radius 2 is 1.35 bits per heavy atom. The highest BCUT2D eigenvalue weighted by atomic mass is 16.3. The van der Waals surface area contributed by atoms with Crippen molar-refractivity contribution in [3.8, 4) is 5.75 Å². The van der Waals surface area contributed by atoms with Gasteiger partial charge in [-0.3, -0.25) is 0 Å². The molecule has 0 amide bonds. The minimum absolute atomic E-state index is 0.0814. The molecule has 0 aliphatic carbocycles. The molecule has 1 rings (SSSR count). The number of rotatable bonds is 6. The van der Waals surface area contributed by atoms with Crippen LogP contribution in [0.4, 0.5) is 0 Å². The van der Waals surface area contributed by atoms with Crippen molar-refractivity contribution >= 4 is 0 Å². The Balaban J connectivity index is 4.08. The Morgan fingerprint density at radius 1 is 0.885 bits per heavy atom. The van der Waals surface area contributed by atoms with E-state index in [0.29, 0.717) is 29.4 Å². The standard InChI is InChI=1S/C25H44O/c1-15(2)14-25(17(5)6,18(7)8)20-13-19(9)23(26)22(24(10,11)12)21(20)16(3)4/h13,15-18,26H,14H2,1-12H3. The smallest absolute Gasteiger partial charge is 0.122 e. The predicted molar refractivity (Wildman–Crippen MR) is 116 cm³/mol. The average molecular weight is 361 g/mol. The molecular formula is C25H44O. The van der Waals surface area contributed by atoms with E-state index in [1.165, 1.54) is 17.5 Å². The van der Waals surface area contributed by atoms with Crippen LogP contribution in [0, 0.1) is 24.7 Å². The van der Waals surface area contributed by atoms with Crippen LogP contribution in [0.3, 0.4) is 0 Å². The number of phenolic OH excluding ortho intramolecular Hbond substituents is 1. The van der Waals surface area contributed by atoms with Gasteiger partial charge in [-0.25, -0.2) is 0 Å². The van der Waals surface area contributed by atoms with E-state index in [9.17, 15) is 5.11 Å². The molecule has 0 saturated carbocycles. The van der Waals surface area contributed by atoms with Crippen LogP contribution < -0.4 is 0 Å². The molecule has 0 aliphatic rings. The van der Waals surface area contributed by atoms with Crippen LogP contribution >= 0.6 is 0 Å². The van der Waals surface area contributed by atoms with Crippen LogP contribution in [0.5, 0.6) is 5.75 Å². The molecule has 0 atom stereocenters. The lowest BCUT2D eigenvalue weighted by molar-refractivity contribution is 0.175. The molecule has 0 radical (unpaired) electrons. The Kier molecular flexibility index (Phi) is 7.05. The summed E-state index contributed by atoms with van der Waals surface area (Å²) in [6.45, 7) is 27.5. The van der Waals surface area contributed by atoms with Crippen molar-refractivity contribution in [3.05, 3.63) is 28.3 Å². The maximum Gasteiger partial charge on any atom is 0.122 e. The number of hydrogen-bond acceptors (Lipinski definition) is 1. The zero-order valence-corrected chi connectivity index (χ0v) is 19.5. The second-order valence-electron chi connectivity index (χ2n) is 10.7. The van der Waals surface area contributed by atoms with Gasteiger partial charge in [0, 0.05) is 11.0 Å². The van der Waals surface area contributed by atoms with Gasteiger partial charge >= 0.3 is 0 Å². The van der Waals surface area contributed by atoms with Gasteiger partial charge in [-0.05, 0) is 59.1 Å². The first-order valence-corrected chi connectivity index (χ1v) is 10.5. The van der Waals surface area contributed by atoms with Crippen molar-refractivity contribution in [1.82, 2.24) is 0 Å². The summed E-state index contributed by atoms with van der Waals surface area (Å²) in [6.07, 6.45) is 1.18. The zero-order valence-electron chi connectivity index (χ0n) is 19.5. The number of aromatic hydroxyl groups is 1. The first kappa shape index (κ1) is 23.1. The monoisotopic (exact) mass is 360 g/mol. The maximum absolute atomic E-state index is 11.0. The first-order valence-electron chi connectivity index (χ1n) is 10.5. The summed E-state index contributed by atoms with van der Waals surface area (Å²) in [7, 11) is 0. The van der Waals surface area contributed by atoms with Gasteiger partial charge in [0.15, 0.2) is 0 Å². The predicted octanol–water partition coefficient (Wildman–Crippen LogP) is 7.72. The summed E-state index contributed by atoms with van der Waals surface area (Å²) in [5, 5.41) is 11.0. The molecular weight excluding hydrogens is 316 g/mol. The topological polar surface area (TPSA) is 20.2 Å². The highest BCUT2D eigenvalue weighted by Crippen LogP contribution is 2.51. The molecule has 1 nitrogen and oxygen atoms in total. The molecule has 0 heterocycles. The van der Waals surface area contributed by atoms with Gasteiger partial charge in [0.1, 0.15) is 5.75 Å². The fourth-order valence-electron chi connectivity index (χ4n) is 5.11. The van der Waals surface area contributed by atoms with Gasteiger partial charge < -0.3 is 5.11 Å². The summed E-state index contributed by atoms with van der Waals surface area (Å²) in [5.74, 6) is 2.59. The third-order valence-electron chi connectivity index (χ3n) is 6.17. The van der Waals surface area contributed by atoms with Crippen LogP contribution in [0.2, 0.25) is 0 Å². The lowest BCUT2D eigenvalue weighted by Gasteiger charge is -2.46. The van der Waals surface area contributed by atoms with Gasteiger partial charge in [-0.2, -0.15) is 0 Å². The molecule has 26 heavy (non-hydrogen) atoms. The highest BCUT2D eigenvalue weighted by Gasteiger charge is 2.43. The molecule has 150 valence electrons. The third kappa shape index (κ3) is 4.12. The fourth-order valence-corrected chi connectivity index (χ4v) is 5.11. The molecule has 0 aromatic heterocycles. The molecule has 0 saturated heterocycles. The second-order valence-corrected chi connectivity index (χ2v) is 10.7. The Bertz CT molecular complexity index is 604. The quantitative estimate of drug-likeness (QED) is 0.550. The van der Waals surface area contributed by atoms with Crippen molar-refractivity contribution < 1.29 is 5.11 Å². The fraction of sp³-hybridized carbons (Fsp3) is 0.760. The Morgan fingerprint density at radius 3 is 1.65 bits per heavy atom. The minimum Gasteiger partial charge on any atom is -0.507 e. The van der Waals surface area contributed by atoms with Crippen molar-refractivity contribution in [2.45, 2.75) is 106 Å². The van der Waals surface area contributed by atoms with Crippen molar-refractivity contribution in [2.75, 3.05) is 0 Å². The molecule has 0 aliphatic heterocycles. The maximum atomic E-state index is 11.0. The van der Waals surface area contributed by atoms with E-state index in [1.807, 2.05) is 0 Å². The van der Waals surface area contributed by atoms with E-state index in [-0.39, 0.29) is 10.8 Å². The number of benzene rings is 1. The highest BCUT2D eigenvalue weighted by molar-refractivity contribution is 5.56. The van der Waals surface area contributed by atoms with Crippen LogP contribution in [0.15, 0.2) is 6.07 Å². The van der Waals surface area contributed by atoms with Crippen LogP contribution in [-0.4, -0.2) is 5.11 Å². The summed E-state index contributed by atoms with van der Waals surface area (Å²) in [5.41, 5.74) is 5.06. The lowest BCUT2D eigenvalue weighted by atomic mass is 9.58. The van der Waals surface area contributed by atoms with Crippen LogP contribution in [0.1, 0.15) is 111 Å². The molecule has 0 bridgehead atoms. The van der Waals surface area contributed by atoms with Gasteiger partial charge in [0.25, 0.3) is 0 Å². The average Bonchev–Trinajstić information content (AvgIpc) is 2.44. The third-order valence-corrected chi connectivity index (χ3v) is 6.17. The summed E-state index contributed by atoms with van der Waals surface area (Å²) >= 11 is 0. The van der Waals surface area contributed by atoms with Gasteiger partial charge in [0.2, 0.25) is 0 Å². The normalized spacial score (nSPS) is 13.5. The molecule has 1 heteroatoms. The van der Waals surface area contributed by atoms with E-state index in [1.54, 1.807) is 0 Å². The molecule has 1 aromatic carbocycles. The summed E-state index contributed by atoms with van der Waals surface area (Å²) in [6, 6.07) is 2.31. The first-order chi connectivity index (χ1) is 11.7. The van der Waals surface area contributed by atoms with Gasteiger partial charge in [0.05, 0.1) is 0 Å². The number of hydrogen-bond donors (Lipinski definition) is 1.